The molecule has 6 rings (SSSR count). The second-order valence-corrected chi connectivity index (χ2v) is 10.6. The molecule has 2 saturated heterocycles. The summed E-state index contributed by atoms with van der Waals surface area (Å²) in [5, 5.41) is 17.1. The van der Waals surface area contributed by atoms with E-state index in [2.05, 4.69) is 25.3 Å². The van der Waals surface area contributed by atoms with Gasteiger partial charge in [-0.2, -0.15) is 10.1 Å². The Balaban J connectivity index is 1.12. The fourth-order valence-corrected chi connectivity index (χ4v) is 6.19. The Morgan fingerprint density at radius 3 is 2.85 bits per heavy atom. The van der Waals surface area contributed by atoms with Crippen molar-refractivity contribution in [3.05, 3.63) is 24.7 Å². The number of anilines is 3. The van der Waals surface area contributed by atoms with Crippen molar-refractivity contribution in [2.75, 3.05) is 35.7 Å². The summed E-state index contributed by atoms with van der Waals surface area (Å²) in [6.45, 7) is 1.28. The molecule has 4 fully saturated rings. The number of piperazine rings is 1. The number of nitrogens with zero attached hydrogens (tertiary/aromatic N) is 6. The van der Waals surface area contributed by atoms with Gasteiger partial charge < -0.3 is 20.2 Å². The lowest BCUT2D eigenvalue weighted by atomic mass is 10.1. The molecule has 2 N–H and O–H groups in total. The van der Waals surface area contributed by atoms with Gasteiger partial charge in [0.2, 0.25) is 11.9 Å². The van der Waals surface area contributed by atoms with E-state index < -0.39 is 11.8 Å². The van der Waals surface area contributed by atoms with Crippen LogP contribution in [-0.2, 0) is 10.3 Å². The molecular formula is C21H25F2N7O2S. The number of aliphatic hydroxyl groups excluding tert-OH is 1. The number of thioether (sulfide) groups is 1. The molecule has 2 aromatic heterocycles. The molecule has 4 aliphatic rings. The van der Waals surface area contributed by atoms with Crippen LogP contribution in [0.2, 0.25) is 0 Å². The van der Waals surface area contributed by atoms with Crippen molar-refractivity contribution >= 4 is 35.1 Å². The van der Waals surface area contributed by atoms with E-state index in [1.807, 2.05) is 17.2 Å². The zero-order chi connectivity index (χ0) is 22.8. The molecule has 2 saturated carbocycles. The molecule has 4 heterocycles. The van der Waals surface area contributed by atoms with E-state index in [-0.39, 0.29) is 42.3 Å². The van der Waals surface area contributed by atoms with Gasteiger partial charge in [-0.3, -0.25) is 9.48 Å². The van der Waals surface area contributed by atoms with Crippen molar-refractivity contribution in [2.24, 2.45) is 5.92 Å². The molecule has 2 aromatic rings. The van der Waals surface area contributed by atoms with Crippen molar-refractivity contribution in [1.82, 2.24) is 24.6 Å². The molecule has 3 atom stereocenters. The number of fused-ring (bicyclic) bond motifs is 2. The first-order chi connectivity index (χ1) is 15.9. The van der Waals surface area contributed by atoms with Gasteiger partial charge in [0.25, 0.3) is 5.92 Å². The predicted molar refractivity (Wildman–Crippen MR) is 119 cm³/mol. The van der Waals surface area contributed by atoms with Crippen molar-refractivity contribution in [2.45, 2.75) is 48.6 Å². The number of nitrogens with one attached hydrogen (secondary N) is 1. The van der Waals surface area contributed by atoms with Crippen LogP contribution in [0.5, 0.6) is 0 Å². The molecule has 0 radical (unpaired) electrons. The summed E-state index contributed by atoms with van der Waals surface area (Å²) < 4.78 is 28.3. The average Bonchev–Trinajstić information content (AvgIpc) is 3.62. The van der Waals surface area contributed by atoms with Gasteiger partial charge in [-0.1, -0.05) is 0 Å². The molecule has 2 aliphatic heterocycles. The number of amides is 1. The maximum Gasteiger partial charge on any atom is 0.252 e. The minimum Gasteiger partial charge on any atom is -0.394 e. The third kappa shape index (κ3) is 3.82. The van der Waals surface area contributed by atoms with Gasteiger partial charge >= 0.3 is 0 Å². The van der Waals surface area contributed by atoms with Crippen molar-refractivity contribution < 1.29 is 18.7 Å². The normalized spacial score (nSPS) is 28.6. The van der Waals surface area contributed by atoms with Crippen LogP contribution in [0.15, 0.2) is 24.7 Å². The molecule has 12 heteroatoms. The standard InChI is InChI=1S/C21H25F2N7O2S/c22-21(23)6-13(21)5-17(32)30-15-9-28(10-18(30)33-11-15)16-1-4-24-19(27-16)26-14-7-25-29(8-14)20(12-31)2-3-20/h1,4,7-8,13,15,18,31H,2-3,5-6,9-12H2,(H,24,26,27)/t13-,15-,18-/m1/s1. The van der Waals surface area contributed by atoms with Crippen LogP contribution in [-0.4, -0.2) is 78.4 Å². The number of carbonyl (C=O) groups is 1. The lowest BCUT2D eigenvalue weighted by molar-refractivity contribution is -0.134. The quantitative estimate of drug-likeness (QED) is 0.625. The fraction of sp³-hybridized carbons (Fsp3) is 0.619. The topological polar surface area (TPSA) is 99.4 Å². The van der Waals surface area contributed by atoms with Gasteiger partial charge in [0.05, 0.1) is 35.4 Å². The number of hydrogen-bond acceptors (Lipinski definition) is 8. The Hall–Kier alpha value is -2.47. The highest BCUT2D eigenvalue weighted by atomic mass is 32.2. The van der Waals surface area contributed by atoms with E-state index >= 15 is 0 Å². The Morgan fingerprint density at radius 2 is 2.15 bits per heavy atom. The summed E-state index contributed by atoms with van der Waals surface area (Å²) in [5.74, 6) is -1.62. The van der Waals surface area contributed by atoms with E-state index in [1.54, 1.807) is 28.8 Å². The summed E-state index contributed by atoms with van der Waals surface area (Å²) in [7, 11) is 0. The Kier molecular flexibility index (Phi) is 4.81. The smallest absolute Gasteiger partial charge is 0.252 e. The highest BCUT2D eigenvalue weighted by Crippen LogP contribution is 2.51. The lowest BCUT2D eigenvalue weighted by Gasteiger charge is -2.40. The summed E-state index contributed by atoms with van der Waals surface area (Å²) in [6, 6.07) is 1.83. The second kappa shape index (κ2) is 7.52. The number of aromatic nitrogens is 4. The molecule has 2 aliphatic carbocycles. The van der Waals surface area contributed by atoms with Crippen LogP contribution < -0.4 is 10.2 Å². The zero-order valence-electron chi connectivity index (χ0n) is 17.9. The van der Waals surface area contributed by atoms with Crippen LogP contribution in [0.1, 0.15) is 25.7 Å². The van der Waals surface area contributed by atoms with Crippen molar-refractivity contribution in [3.8, 4) is 0 Å². The molecule has 2 bridgehead atoms. The molecule has 1 amide bonds. The van der Waals surface area contributed by atoms with Gasteiger partial charge in [-0.15, -0.1) is 11.8 Å². The fourth-order valence-electron chi connectivity index (χ4n) is 4.74. The number of alkyl halides is 2. The van der Waals surface area contributed by atoms with E-state index in [1.165, 1.54) is 0 Å². The number of halogens is 2. The Labute approximate surface area is 193 Å². The summed E-state index contributed by atoms with van der Waals surface area (Å²) in [6.07, 6.45) is 6.82. The number of rotatable bonds is 7. The van der Waals surface area contributed by atoms with E-state index in [4.69, 9.17) is 0 Å². The molecule has 0 spiro atoms. The number of hydrogen-bond donors (Lipinski definition) is 2. The molecule has 33 heavy (non-hydrogen) atoms. The van der Waals surface area contributed by atoms with E-state index in [0.717, 1.165) is 30.1 Å². The summed E-state index contributed by atoms with van der Waals surface area (Å²) >= 11 is 1.70. The van der Waals surface area contributed by atoms with Crippen LogP contribution in [0.25, 0.3) is 0 Å². The molecule has 9 nitrogen and oxygen atoms in total. The average molecular weight is 478 g/mol. The van der Waals surface area contributed by atoms with Gasteiger partial charge in [0.15, 0.2) is 0 Å². The van der Waals surface area contributed by atoms with Gasteiger partial charge in [0, 0.05) is 50.0 Å². The summed E-state index contributed by atoms with van der Waals surface area (Å²) in [4.78, 5) is 25.6. The first-order valence-corrected chi connectivity index (χ1v) is 12.2. The molecule has 0 aromatic carbocycles. The van der Waals surface area contributed by atoms with Crippen LogP contribution in [0.3, 0.4) is 0 Å². The monoisotopic (exact) mass is 477 g/mol. The molecule has 0 unspecified atom stereocenters. The predicted octanol–water partition coefficient (Wildman–Crippen LogP) is 2.03. The minimum atomic E-state index is -2.66. The highest BCUT2D eigenvalue weighted by molar-refractivity contribution is 8.00. The van der Waals surface area contributed by atoms with Crippen molar-refractivity contribution in [3.63, 3.8) is 0 Å². The van der Waals surface area contributed by atoms with Gasteiger partial charge in [-0.05, 0) is 18.9 Å². The summed E-state index contributed by atoms with van der Waals surface area (Å²) in [5.41, 5.74) is 0.473. The van der Waals surface area contributed by atoms with Crippen LogP contribution >= 0.6 is 11.8 Å². The maximum absolute atomic E-state index is 13.3. The van der Waals surface area contributed by atoms with Crippen LogP contribution in [0.4, 0.5) is 26.2 Å². The second-order valence-electron chi connectivity index (χ2n) is 9.43. The van der Waals surface area contributed by atoms with Gasteiger partial charge in [0.1, 0.15) is 5.82 Å². The zero-order valence-corrected chi connectivity index (χ0v) is 18.7. The SMILES string of the molecule is O=C(C[C@@H]1CC1(F)F)N1[C@H]2CS[C@@H]1CN(c1ccnc(Nc3cnn(C4(CO)CC4)c3)n1)C2. The highest BCUT2D eigenvalue weighted by Gasteiger charge is 2.58. The lowest BCUT2D eigenvalue weighted by Crippen LogP contribution is -2.56. The third-order valence-electron chi connectivity index (χ3n) is 7.07. The van der Waals surface area contributed by atoms with Gasteiger partial charge in [-0.25, -0.2) is 13.8 Å². The van der Waals surface area contributed by atoms with E-state index in [9.17, 15) is 18.7 Å². The number of carbonyl (C=O) groups excluding carboxylic acids is 1. The number of aliphatic hydroxyl groups is 1. The third-order valence-corrected chi connectivity index (χ3v) is 8.41. The first kappa shape index (κ1) is 21.1. The largest absolute Gasteiger partial charge is 0.394 e. The maximum atomic E-state index is 13.3. The first-order valence-electron chi connectivity index (χ1n) is 11.2. The Morgan fingerprint density at radius 1 is 1.33 bits per heavy atom. The molecule has 176 valence electrons. The molecular weight excluding hydrogens is 452 g/mol. The van der Waals surface area contributed by atoms with Crippen molar-refractivity contribution in [1.29, 1.82) is 0 Å². The van der Waals surface area contributed by atoms with E-state index in [0.29, 0.717) is 19.0 Å². The Bertz CT molecular complexity index is 1060. The minimum absolute atomic E-state index is 0.00792. The van der Waals surface area contributed by atoms with Crippen LogP contribution in [0, 0.1) is 5.92 Å².